The molecule has 0 radical (unpaired) electrons. The third-order valence-electron chi connectivity index (χ3n) is 1.38. The molecule has 1 aromatic carbocycles. The Morgan fingerprint density at radius 2 is 2.00 bits per heavy atom. The van der Waals surface area contributed by atoms with Crippen molar-refractivity contribution in [3.8, 4) is 0 Å². The molecule has 2 aromatic rings. The summed E-state index contributed by atoms with van der Waals surface area (Å²) in [6.07, 6.45) is 1.59. The molecule has 1 heterocycles. The van der Waals surface area contributed by atoms with Crippen LogP contribution in [-0.4, -0.2) is 16.7 Å². The number of hydrogen-bond donors (Lipinski definition) is 0. The van der Waals surface area contributed by atoms with Crippen molar-refractivity contribution in [2.75, 3.05) is 0 Å². The van der Waals surface area contributed by atoms with Crippen LogP contribution in [0.15, 0.2) is 28.7 Å². The minimum absolute atomic E-state index is 0. The molecule has 0 saturated carbocycles. The zero-order valence-electron chi connectivity index (χ0n) is 7.02. The van der Waals surface area contributed by atoms with E-state index >= 15 is 0 Å². The fraction of sp³-hybridized carbons (Fsp3) is 0. The van der Waals surface area contributed by atoms with E-state index in [1.807, 2.05) is 12.1 Å². The summed E-state index contributed by atoms with van der Waals surface area (Å²) in [5.41, 5.74) is 1.30. The number of nitrogens with zero attached hydrogens (tertiary/aromatic N) is 1. The van der Waals surface area contributed by atoms with Gasteiger partial charge in [-0.15, -0.1) is 0 Å². The number of benzene rings is 1. The summed E-state index contributed by atoms with van der Waals surface area (Å²) in [6, 6.07) is 7.18. The molecule has 0 fully saturated rings. The Morgan fingerprint density at radius 3 is 2.62 bits per heavy atom. The van der Waals surface area contributed by atoms with Gasteiger partial charge in [0.25, 0.3) is 0 Å². The summed E-state index contributed by atoms with van der Waals surface area (Å²) >= 11 is 0. The van der Waals surface area contributed by atoms with Crippen LogP contribution in [0.5, 0.6) is 0 Å². The Balaban J connectivity index is 0.000000720. The second kappa shape index (κ2) is 5.14. The quantitative estimate of drug-likeness (QED) is 0.385. The molecule has 0 saturated heterocycles. The number of fused-ring (bicyclic) bond motifs is 1. The molecular weight excluding hydrogens is 181 g/mol. The Hall–Kier alpha value is -0.680. The Labute approximate surface area is 96.5 Å². The van der Waals surface area contributed by atoms with E-state index in [1.165, 1.54) is 0 Å². The Bertz CT molecular complexity index is 366. The van der Waals surface area contributed by atoms with Crippen LogP contribution in [0.4, 0.5) is 0 Å². The van der Waals surface area contributed by atoms with Gasteiger partial charge in [-0.2, -0.15) is 6.29 Å². The molecule has 0 aliphatic carbocycles. The van der Waals surface area contributed by atoms with E-state index in [0.717, 1.165) is 0 Å². The first kappa shape index (κ1) is 12.3. The van der Waals surface area contributed by atoms with E-state index in [4.69, 9.17) is 4.42 Å². The number of para-hydroxylation sites is 2. The van der Waals surface area contributed by atoms with Crippen LogP contribution < -0.4 is 29.6 Å². The predicted molar refractivity (Wildman–Crippen MR) is 40.7 cm³/mol. The molecular formula is C8H5NNaO3-. The molecule has 0 amide bonds. The normalized spacial score (nSPS) is 8.62. The minimum Gasteiger partial charge on any atom is -0.870 e. The Kier molecular flexibility index (Phi) is 4.87. The summed E-state index contributed by atoms with van der Waals surface area (Å²) in [7, 11) is 0. The van der Waals surface area contributed by atoms with Gasteiger partial charge in [0.2, 0.25) is 0 Å². The van der Waals surface area contributed by atoms with Crippen LogP contribution >= 0.6 is 0 Å². The second-order valence-corrected chi connectivity index (χ2v) is 2.09. The average Bonchev–Trinajstić information content (AvgIpc) is 2.46. The number of oxazole rings is 1. The average molecular weight is 186 g/mol. The van der Waals surface area contributed by atoms with E-state index < -0.39 is 0 Å². The first-order valence-corrected chi connectivity index (χ1v) is 3.14. The smallest absolute Gasteiger partial charge is 0.870 e. The maximum atomic E-state index is 10.1. The minimum atomic E-state index is 0. The third kappa shape index (κ3) is 2.38. The standard InChI is InChI=1S/C8H4NO2.Na.H2O/c10-5-8-9-6-3-1-2-4-7(6)11-8;;/h1-4H;;1H2/q-1;+1;/p-1. The van der Waals surface area contributed by atoms with Crippen molar-refractivity contribution in [1.82, 2.24) is 4.98 Å². The molecule has 2 rings (SSSR count). The van der Waals surface area contributed by atoms with Crippen molar-refractivity contribution >= 4 is 17.4 Å². The van der Waals surface area contributed by atoms with Crippen LogP contribution in [0.25, 0.3) is 11.1 Å². The van der Waals surface area contributed by atoms with E-state index in [0.29, 0.717) is 11.1 Å². The summed E-state index contributed by atoms with van der Waals surface area (Å²) in [4.78, 5) is 13.9. The Morgan fingerprint density at radius 1 is 1.31 bits per heavy atom. The van der Waals surface area contributed by atoms with Gasteiger partial charge in [0, 0.05) is 0 Å². The van der Waals surface area contributed by atoms with Gasteiger partial charge in [0.15, 0.2) is 5.58 Å². The summed E-state index contributed by atoms with van der Waals surface area (Å²) in [6.45, 7) is 0. The van der Waals surface area contributed by atoms with Crippen LogP contribution in [0.2, 0.25) is 0 Å². The molecule has 0 aliphatic heterocycles. The van der Waals surface area contributed by atoms with Crippen LogP contribution in [0, 0.1) is 0 Å². The van der Waals surface area contributed by atoms with Crippen molar-refractivity contribution in [3.63, 3.8) is 0 Å². The fourth-order valence-electron chi connectivity index (χ4n) is 0.916. The van der Waals surface area contributed by atoms with Gasteiger partial charge in [-0.25, -0.2) is 4.98 Å². The molecule has 0 spiro atoms. The van der Waals surface area contributed by atoms with Gasteiger partial charge in [0.05, 0.1) is 5.89 Å². The van der Waals surface area contributed by atoms with Crippen LogP contribution in [-0.2, 0) is 4.79 Å². The van der Waals surface area contributed by atoms with Gasteiger partial charge in [-0.3, -0.25) is 0 Å². The van der Waals surface area contributed by atoms with E-state index in [2.05, 4.69) is 4.98 Å². The first-order valence-electron chi connectivity index (χ1n) is 3.14. The van der Waals surface area contributed by atoms with Gasteiger partial charge in [0.1, 0.15) is 5.52 Å². The molecule has 13 heavy (non-hydrogen) atoms. The van der Waals surface area contributed by atoms with Gasteiger partial charge in [-0.05, 0) is 12.1 Å². The number of rotatable bonds is 1. The monoisotopic (exact) mass is 186 g/mol. The molecule has 62 valence electrons. The zero-order valence-corrected chi connectivity index (χ0v) is 9.02. The number of carbonyl (C=O) groups excluding carboxylic acids is 1. The second-order valence-electron chi connectivity index (χ2n) is 2.09. The zero-order chi connectivity index (χ0) is 7.68. The number of hydrogen-bond acceptors (Lipinski definition) is 4. The van der Waals surface area contributed by atoms with Crippen LogP contribution in [0.3, 0.4) is 0 Å². The summed E-state index contributed by atoms with van der Waals surface area (Å²) < 4.78 is 4.98. The molecule has 0 bridgehead atoms. The molecule has 0 aliphatic rings. The largest absolute Gasteiger partial charge is 1.00 e. The maximum Gasteiger partial charge on any atom is 1.00 e. The SMILES string of the molecule is O=[C-]c1nc2ccccc2o1.[Na+].[OH-]. The van der Waals surface area contributed by atoms with Gasteiger partial charge >= 0.3 is 29.6 Å². The van der Waals surface area contributed by atoms with Gasteiger partial charge in [-0.1, -0.05) is 12.1 Å². The summed E-state index contributed by atoms with van der Waals surface area (Å²) in [5.74, 6) is 0.00574. The third-order valence-corrected chi connectivity index (χ3v) is 1.38. The topological polar surface area (TPSA) is 73.1 Å². The number of aromatic nitrogens is 1. The summed E-state index contributed by atoms with van der Waals surface area (Å²) in [5, 5.41) is 0. The van der Waals surface area contributed by atoms with Gasteiger partial charge < -0.3 is 14.7 Å². The fourth-order valence-corrected chi connectivity index (χ4v) is 0.916. The van der Waals surface area contributed by atoms with Crippen molar-refractivity contribution in [2.24, 2.45) is 0 Å². The van der Waals surface area contributed by atoms with Crippen molar-refractivity contribution in [3.05, 3.63) is 30.2 Å². The molecule has 0 atom stereocenters. The molecule has 0 unspecified atom stereocenters. The molecule has 5 heteroatoms. The van der Waals surface area contributed by atoms with Crippen LogP contribution in [0.1, 0.15) is 5.89 Å². The van der Waals surface area contributed by atoms with Crippen molar-refractivity contribution in [1.29, 1.82) is 0 Å². The molecule has 4 nitrogen and oxygen atoms in total. The van der Waals surface area contributed by atoms with Crippen molar-refractivity contribution in [2.45, 2.75) is 0 Å². The van der Waals surface area contributed by atoms with E-state index in [-0.39, 0.29) is 40.9 Å². The molecule has 1 N–H and O–H groups in total. The molecule has 1 aromatic heterocycles. The maximum absolute atomic E-state index is 10.1. The first-order chi connectivity index (χ1) is 5.40. The van der Waals surface area contributed by atoms with E-state index in [9.17, 15) is 4.79 Å². The predicted octanol–water partition coefficient (Wildman–Crippen LogP) is -1.89. The van der Waals surface area contributed by atoms with Crippen molar-refractivity contribution < 1.29 is 44.2 Å². The van der Waals surface area contributed by atoms with E-state index in [1.54, 1.807) is 18.4 Å².